The van der Waals surface area contributed by atoms with Gasteiger partial charge in [0.25, 0.3) is 0 Å². The molecule has 4 heteroatoms. The Balaban J connectivity index is 2.23. The Kier molecular flexibility index (Phi) is 3.19. The molecule has 1 aliphatic carbocycles. The van der Waals surface area contributed by atoms with Crippen molar-refractivity contribution in [1.29, 1.82) is 0 Å². The molecule has 0 saturated heterocycles. The van der Waals surface area contributed by atoms with E-state index in [1.165, 1.54) is 0 Å². The zero-order chi connectivity index (χ0) is 15.2. The van der Waals surface area contributed by atoms with Crippen LogP contribution in [0.15, 0.2) is 29.8 Å². The van der Waals surface area contributed by atoms with Crippen molar-refractivity contribution in [3.63, 3.8) is 0 Å². The van der Waals surface area contributed by atoms with E-state index in [-0.39, 0.29) is 5.41 Å². The van der Waals surface area contributed by atoms with Gasteiger partial charge in [0.1, 0.15) is 17.3 Å². The van der Waals surface area contributed by atoms with Gasteiger partial charge in [0, 0.05) is 11.0 Å². The lowest BCUT2D eigenvalue weighted by molar-refractivity contribution is -0.105. The number of carbonyl (C=O) groups excluding carboxylic acids is 1. The molecule has 1 aromatic carbocycles. The Labute approximate surface area is 124 Å². The first-order chi connectivity index (χ1) is 9.98. The molecule has 0 aliphatic heterocycles. The van der Waals surface area contributed by atoms with Crippen molar-refractivity contribution < 1.29 is 4.79 Å². The van der Waals surface area contributed by atoms with Crippen molar-refractivity contribution >= 4 is 23.0 Å². The van der Waals surface area contributed by atoms with Gasteiger partial charge in [-0.2, -0.15) is 4.80 Å². The fraction of sp³-hybridized carbons (Fsp3) is 0.471. The number of allylic oxidation sites excluding steroid dienone is 2. The molecule has 1 aliphatic rings. The first-order valence-electron chi connectivity index (χ1n) is 7.49. The van der Waals surface area contributed by atoms with Crippen LogP contribution >= 0.6 is 0 Å². The molecule has 2 aromatic rings. The molecule has 0 amide bonds. The van der Waals surface area contributed by atoms with E-state index in [0.29, 0.717) is 11.8 Å². The van der Waals surface area contributed by atoms with Gasteiger partial charge >= 0.3 is 0 Å². The van der Waals surface area contributed by atoms with E-state index in [2.05, 4.69) is 37.9 Å². The van der Waals surface area contributed by atoms with Crippen LogP contribution in [0.1, 0.15) is 34.1 Å². The van der Waals surface area contributed by atoms with Crippen molar-refractivity contribution in [2.75, 3.05) is 0 Å². The predicted octanol–water partition coefficient (Wildman–Crippen LogP) is 3.54. The van der Waals surface area contributed by atoms with Gasteiger partial charge in [-0.25, -0.2) is 0 Å². The van der Waals surface area contributed by atoms with Crippen LogP contribution in [-0.4, -0.2) is 21.3 Å². The fourth-order valence-electron chi connectivity index (χ4n) is 3.47. The standard InChI is InChI=1S/C17H21N3O/c1-11(2)17(4)12(3)9-13(10-21)16(17)20-18-14-7-5-6-8-15(14)19-20/h5-8,10-12H,9H2,1-4H3/t12?,17-/m0/s1. The number of nitrogens with zero attached hydrogens (tertiary/aromatic N) is 3. The minimum absolute atomic E-state index is 0.0920. The van der Waals surface area contributed by atoms with E-state index in [1.54, 1.807) is 4.80 Å². The highest BCUT2D eigenvalue weighted by Crippen LogP contribution is 2.53. The highest BCUT2D eigenvalue weighted by Gasteiger charge is 2.46. The number of carbonyl (C=O) groups is 1. The first-order valence-corrected chi connectivity index (χ1v) is 7.49. The monoisotopic (exact) mass is 283 g/mol. The maximum atomic E-state index is 11.5. The van der Waals surface area contributed by atoms with Crippen molar-refractivity contribution in [3.05, 3.63) is 29.8 Å². The molecule has 0 fully saturated rings. The normalized spacial score (nSPS) is 26.0. The largest absolute Gasteiger partial charge is 0.298 e. The number of hydrogen-bond acceptors (Lipinski definition) is 3. The minimum Gasteiger partial charge on any atom is -0.298 e. The van der Waals surface area contributed by atoms with Gasteiger partial charge in [-0.3, -0.25) is 4.79 Å². The Bertz CT molecular complexity index is 695. The van der Waals surface area contributed by atoms with E-state index < -0.39 is 0 Å². The van der Waals surface area contributed by atoms with E-state index in [9.17, 15) is 4.79 Å². The Morgan fingerprint density at radius 2 is 1.86 bits per heavy atom. The van der Waals surface area contributed by atoms with E-state index in [0.717, 1.165) is 35.0 Å². The Hall–Kier alpha value is -1.97. The van der Waals surface area contributed by atoms with Gasteiger partial charge in [0.2, 0.25) is 0 Å². The number of rotatable bonds is 3. The molecular formula is C17H21N3O. The Morgan fingerprint density at radius 1 is 1.29 bits per heavy atom. The molecule has 0 spiro atoms. The summed E-state index contributed by atoms with van der Waals surface area (Å²) in [6.45, 7) is 8.84. The lowest BCUT2D eigenvalue weighted by atomic mass is 9.70. The van der Waals surface area contributed by atoms with Crippen LogP contribution in [0.25, 0.3) is 16.7 Å². The van der Waals surface area contributed by atoms with Crippen molar-refractivity contribution in [3.8, 4) is 0 Å². The summed E-state index contributed by atoms with van der Waals surface area (Å²) in [7, 11) is 0. The number of benzene rings is 1. The second-order valence-electron chi connectivity index (χ2n) is 6.51. The first kappa shape index (κ1) is 14.0. The van der Waals surface area contributed by atoms with Crippen LogP contribution in [0.4, 0.5) is 0 Å². The van der Waals surface area contributed by atoms with Crippen LogP contribution in [0.2, 0.25) is 0 Å². The zero-order valence-corrected chi connectivity index (χ0v) is 13.0. The molecule has 4 nitrogen and oxygen atoms in total. The maximum absolute atomic E-state index is 11.5. The van der Waals surface area contributed by atoms with Gasteiger partial charge in [-0.05, 0) is 30.4 Å². The van der Waals surface area contributed by atoms with E-state index in [4.69, 9.17) is 0 Å². The predicted molar refractivity (Wildman–Crippen MR) is 83.5 cm³/mol. The summed E-state index contributed by atoms with van der Waals surface area (Å²) in [5, 5.41) is 9.19. The molecule has 0 bridgehead atoms. The number of aromatic nitrogens is 3. The lowest BCUT2D eigenvalue weighted by Crippen LogP contribution is -2.31. The summed E-state index contributed by atoms with van der Waals surface area (Å²) in [6, 6.07) is 7.81. The molecule has 1 aromatic heterocycles. The zero-order valence-electron chi connectivity index (χ0n) is 13.0. The highest BCUT2D eigenvalue weighted by molar-refractivity contribution is 5.86. The van der Waals surface area contributed by atoms with Gasteiger partial charge in [0.05, 0.1) is 5.70 Å². The van der Waals surface area contributed by atoms with E-state index in [1.807, 2.05) is 24.3 Å². The number of fused-ring (bicyclic) bond motifs is 1. The SMILES string of the molecule is CC(C)[C@]1(C)C(n2nc3ccccc3n2)=C(C=O)CC1C. The summed E-state index contributed by atoms with van der Waals surface area (Å²) in [4.78, 5) is 13.2. The molecule has 0 saturated carbocycles. The third-order valence-corrected chi connectivity index (χ3v) is 5.19. The summed E-state index contributed by atoms with van der Waals surface area (Å²) in [6.07, 6.45) is 1.78. The number of hydrogen-bond donors (Lipinski definition) is 0. The molecule has 1 unspecified atom stereocenters. The average molecular weight is 283 g/mol. The smallest absolute Gasteiger partial charge is 0.147 e. The van der Waals surface area contributed by atoms with Crippen LogP contribution < -0.4 is 0 Å². The van der Waals surface area contributed by atoms with Crippen LogP contribution in [0.5, 0.6) is 0 Å². The van der Waals surface area contributed by atoms with Crippen molar-refractivity contribution in [1.82, 2.24) is 15.0 Å². The summed E-state index contributed by atoms with van der Waals surface area (Å²) < 4.78 is 0. The molecule has 0 radical (unpaired) electrons. The fourth-order valence-corrected chi connectivity index (χ4v) is 3.47. The van der Waals surface area contributed by atoms with Crippen molar-refractivity contribution in [2.24, 2.45) is 17.3 Å². The topological polar surface area (TPSA) is 47.8 Å². The second kappa shape index (κ2) is 4.79. The Morgan fingerprint density at radius 3 is 2.33 bits per heavy atom. The van der Waals surface area contributed by atoms with Crippen molar-refractivity contribution in [2.45, 2.75) is 34.1 Å². The lowest BCUT2D eigenvalue weighted by Gasteiger charge is -2.36. The molecule has 1 heterocycles. The molecule has 2 atom stereocenters. The van der Waals surface area contributed by atoms with Gasteiger partial charge in [-0.15, -0.1) is 10.2 Å². The number of aldehydes is 1. The molecule has 110 valence electrons. The third-order valence-electron chi connectivity index (χ3n) is 5.19. The average Bonchev–Trinajstić information content (AvgIpc) is 2.98. The minimum atomic E-state index is -0.0920. The van der Waals surface area contributed by atoms with E-state index >= 15 is 0 Å². The highest BCUT2D eigenvalue weighted by atomic mass is 16.1. The van der Waals surface area contributed by atoms with Crippen LogP contribution in [0, 0.1) is 17.3 Å². The van der Waals surface area contributed by atoms with Gasteiger partial charge in [0.15, 0.2) is 0 Å². The molecule has 3 rings (SSSR count). The molecule has 0 N–H and O–H groups in total. The van der Waals surface area contributed by atoms with Gasteiger partial charge < -0.3 is 0 Å². The quantitative estimate of drug-likeness (QED) is 0.809. The van der Waals surface area contributed by atoms with Gasteiger partial charge in [-0.1, -0.05) is 39.8 Å². The third kappa shape index (κ3) is 1.93. The second-order valence-corrected chi connectivity index (χ2v) is 6.51. The maximum Gasteiger partial charge on any atom is 0.147 e. The van der Waals surface area contributed by atoms with Crippen LogP contribution in [-0.2, 0) is 4.79 Å². The van der Waals surface area contributed by atoms with Crippen LogP contribution in [0.3, 0.4) is 0 Å². The summed E-state index contributed by atoms with van der Waals surface area (Å²) in [5.41, 5.74) is 3.43. The summed E-state index contributed by atoms with van der Waals surface area (Å²) >= 11 is 0. The summed E-state index contributed by atoms with van der Waals surface area (Å²) in [5.74, 6) is 0.816. The molecule has 21 heavy (non-hydrogen) atoms. The molecular weight excluding hydrogens is 262 g/mol.